The van der Waals surface area contributed by atoms with Gasteiger partial charge < -0.3 is 5.32 Å². The number of halogens is 1. The molecule has 6 nitrogen and oxygen atoms in total. The van der Waals surface area contributed by atoms with Gasteiger partial charge in [-0.05, 0) is 36.4 Å². The monoisotopic (exact) mass is 309 g/mol. The molecule has 0 atom stereocenters. The molecule has 1 N–H and O–H groups in total. The van der Waals surface area contributed by atoms with E-state index in [2.05, 4.69) is 20.4 Å². The third kappa shape index (κ3) is 2.46. The molecule has 0 bridgehead atoms. The summed E-state index contributed by atoms with van der Waals surface area (Å²) in [6.07, 6.45) is 1.62. The maximum Gasteiger partial charge on any atom is 0.269 e. The third-order valence-corrected chi connectivity index (χ3v) is 3.64. The van der Waals surface area contributed by atoms with Gasteiger partial charge in [0.05, 0.1) is 12.2 Å². The van der Waals surface area contributed by atoms with Crippen molar-refractivity contribution in [2.24, 2.45) is 0 Å². The number of benzene rings is 1. The van der Waals surface area contributed by atoms with Crippen LogP contribution in [0, 0.1) is 5.82 Å². The molecule has 7 heteroatoms. The van der Waals surface area contributed by atoms with Gasteiger partial charge in [0, 0.05) is 18.3 Å². The normalized spacial score (nSPS) is 13.5. The summed E-state index contributed by atoms with van der Waals surface area (Å²) in [6.45, 7) is 1.20. The van der Waals surface area contributed by atoms with Crippen LogP contribution in [0.15, 0.2) is 42.6 Å². The van der Waals surface area contributed by atoms with E-state index in [0.717, 1.165) is 5.56 Å². The molecule has 0 radical (unpaired) electrons. The highest BCUT2D eigenvalue weighted by molar-refractivity contribution is 5.94. The van der Waals surface area contributed by atoms with E-state index in [0.29, 0.717) is 36.0 Å². The van der Waals surface area contributed by atoms with Crippen LogP contribution in [-0.2, 0) is 6.54 Å². The highest BCUT2D eigenvalue weighted by Gasteiger charge is 2.20. The molecule has 1 amide bonds. The van der Waals surface area contributed by atoms with E-state index in [1.54, 1.807) is 35.1 Å². The maximum absolute atomic E-state index is 13.0. The molecular formula is C16H12FN5O. The Morgan fingerprint density at radius 2 is 1.96 bits per heavy atom. The lowest BCUT2D eigenvalue weighted by atomic mass is 10.2. The molecule has 3 aromatic rings. The Balaban J connectivity index is 1.74. The van der Waals surface area contributed by atoms with Gasteiger partial charge >= 0.3 is 0 Å². The van der Waals surface area contributed by atoms with Crippen molar-refractivity contribution < 1.29 is 9.18 Å². The van der Waals surface area contributed by atoms with Gasteiger partial charge in [-0.3, -0.25) is 9.48 Å². The number of hydrogen-bond acceptors (Lipinski definition) is 4. The van der Waals surface area contributed by atoms with Crippen molar-refractivity contribution in [3.8, 4) is 22.8 Å². The summed E-state index contributed by atoms with van der Waals surface area (Å²) in [7, 11) is 0. The first kappa shape index (κ1) is 13.6. The van der Waals surface area contributed by atoms with Gasteiger partial charge in [-0.15, -0.1) is 0 Å². The average molecular weight is 309 g/mol. The highest BCUT2D eigenvalue weighted by atomic mass is 19.1. The van der Waals surface area contributed by atoms with Crippen LogP contribution < -0.4 is 5.32 Å². The van der Waals surface area contributed by atoms with Gasteiger partial charge in [0.2, 0.25) is 0 Å². The van der Waals surface area contributed by atoms with Gasteiger partial charge in [-0.1, -0.05) is 0 Å². The summed E-state index contributed by atoms with van der Waals surface area (Å²) >= 11 is 0. The summed E-state index contributed by atoms with van der Waals surface area (Å²) in [5.41, 5.74) is 2.47. The molecule has 3 heterocycles. The van der Waals surface area contributed by atoms with Gasteiger partial charge in [0.15, 0.2) is 5.82 Å². The summed E-state index contributed by atoms with van der Waals surface area (Å²) in [6, 6.07) is 9.43. The van der Waals surface area contributed by atoms with E-state index < -0.39 is 0 Å². The second-order valence-electron chi connectivity index (χ2n) is 5.17. The fourth-order valence-electron chi connectivity index (χ4n) is 2.50. The minimum Gasteiger partial charge on any atom is -0.349 e. The van der Waals surface area contributed by atoms with E-state index in [9.17, 15) is 9.18 Å². The molecule has 114 valence electrons. The summed E-state index contributed by atoms with van der Waals surface area (Å²) in [5.74, 6) is 0.0402. The number of carbonyl (C=O) groups is 1. The minimum atomic E-state index is -0.308. The fraction of sp³-hybridized carbons (Fsp3) is 0.125. The van der Waals surface area contributed by atoms with Crippen LogP contribution in [0.5, 0.6) is 0 Å². The molecule has 0 saturated carbocycles. The van der Waals surface area contributed by atoms with Crippen molar-refractivity contribution in [2.75, 3.05) is 6.54 Å². The Morgan fingerprint density at radius 1 is 1.13 bits per heavy atom. The maximum atomic E-state index is 13.0. The number of nitrogens with zero attached hydrogens (tertiary/aromatic N) is 4. The first-order valence-electron chi connectivity index (χ1n) is 7.16. The van der Waals surface area contributed by atoms with Crippen molar-refractivity contribution in [3.63, 3.8) is 0 Å². The van der Waals surface area contributed by atoms with Gasteiger partial charge in [0.25, 0.3) is 5.91 Å². The van der Waals surface area contributed by atoms with E-state index in [1.807, 2.05) is 0 Å². The number of amides is 1. The number of nitrogens with one attached hydrogen (secondary N) is 1. The molecule has 4 rings (SSSR count). The molecular weight excluding hydrogens is 297 g/mol. The molecule has 0 unspecified atom stereocenters. The quantitative estimate of drug-likeness (QED) is 0.784. The average Bonchev–Trinajstić information content (AvgIpc) is 3.01. The topological polar surface area (TPSA) is 72.7 Å². The van der Waals surface area contributed by atoms with E-state index >= 15 is 0 Å². The zero-order valence-corrected chi connectivity index (χ0v) is 12.0. The molecule has 0 fully saturated rings. The van der Waals surface area contributed by atoms with Gasteiger partial charge in [-0.2, -0.15) is 5.10 Å². The second kappa shape index (κ2) is 5.28. The smallest absolute Gasteiger partial charge is 0.269 e. The van der Waals surface area contributed by atoms with Crippen molar-refractivity contribution >= 4 is 5.91 Å². The van der Waals surface area contributed by atoms with Crippen molar-refractivity contribution in [3.05, 3.63) is 54.1 Å². The summed E-state index contributed by atoms with van der Waals surface area (Å²) < 4.78 is 14.7. The Morgan fingerprint density at radius 3 is 2.74 bits per heavy atom. The largest absolute Gasteiger partial charge is 0.349 e. The van der Waals surface area contributed by atoms with Crippen LogP contribution in [0.1, 0.15) is 10.5 Å². The SMILES string of the molecule is O=C1NCCn2nc(-c3ccnc(-c4ccc(F)cc4)n3)cc21. The van der Waals surface area contributed by atoms with E-state index in [4.69, 9.17) is 0 Å². The molecule has 1 aromatic carbocycles. The van der Waals surface area contributed by atoms with E-state index in [1.165, 1.54) is 12.1 Å². The lowest BCUT2D eigenvalue weighted by Crippen LogP contribution is -2.35. The Bertz CT molecular complexity index is 888. The number of aromatic nitrogens is 4. The first-order chi connectivity index (χ1) is 11.2. The molecule has 2 aromatic heterocycles. The standard InChI is InChI=1S/C16H12FN5O/c17-11-3-1-10(2-4-11)15-18-6-5-12(20-15)13-9-14-16(23)19-7-8-22(14)21-13/h1-6,9H,7-8H2,(H,19,23). The molecule has 0 spiro atoms. The van der Waals surface area contributed by atoms with Gasteiger partial charge in [0.1, 0.15) is 17.2 Å². The summed E-state index contributed by atoms with van der Waals surface area (Å²) in [5, 5.41) is 7.20. The predicted molar refractivity (Wildman–Crippen MR) is 81.0 cm³/mol. The lowest BCUT2D eigenvalue weighted by molar-refractivity contribution is 0.0924. The van der Waals surface area contributed by atoms with Crippen LogP contribution in [0.2, 0.25) is 0 Å². The number of rotatable bonds is 2. The molecule has 1 aliphatic rings. The lowest BCUT2D eigenvalue weighted by Gasteiger charge is -2.13. The van der Waals surface area contributed by atoms with Crippen LogP contribution in [-0.4, -0.2) is 32.2 Å². The van der Waals surface area contributed by atoms with Gasteiger partial charge in [-0.25, -0.2) is 14.4 Å². The molecule has 0 saturated heterocycles. The Kier molecular flexibility index (Phi) is 3.11. The van der Waals surface area contributed by atoms with Crippen LogP contribution in [0.3, 0.4) is 0 Å². The predicted octanol–water partition coefficient (Wildman–Crippen LogP) is 1.89. The van der Waals surface area contributed by atoms with Crippen LogP contribution >= 0.6 is 0 Å². The summed E-state index contributed by atoms with van der Waals surface area (Å²) in [4.78, 5) is 20.5. The zero-order valence-electron chi connectivity index (χ0n) is 12.0. The van der Waals surface area contributed by atoms with Crippen molar-refractivity contribution in [1.29, 1.82) is 0 Å². The third-order valence-electron chi connectivity index (χ3n) is 3.64. The highest BCUT2D eigenvalue weighted by Crippen LogP contribution is 2.21. The van der Waals surface area contributed by atoms with Crippen molar-refractivity contribution in [1.82, 2.24) is 25.1 Å². The minimum absolute atomic E-state index is 0.136. The van der Waals surface area contributed by atoms with Crippen LogP contribution in [0.4, 0.5) is 4.39 Å². The molecule has 23 heavy (non-hydrogen) atoms. The van der Waals surface area contributed by atoms with Crippen molar-refractivity contribution in [2.45, 2.75) is 6.54 Å². The second-order valence-corrected chi connectivity index (χ2v) is 5.17. The Hall–Kier alpha value is -3.09. The Labute approximate surface area is 131 Å². The number of fused-ring (bicyclic) bond motifs is 1. The first-order valence-corrected chi connectivity index (χ1v) is 7.16. The molecule has 1 aliphatic heterocycles. The van der Waals surface area contributed by atoms with Crippen LogP contribution in [0.25, 0.3) is 22.8 Å². The molecule has 0 aliphatic carbocycles. The number of carbonyl (C=O) groups excluding carboxylic acids is 1. The van der Waals surface area contributed by atoms with E-state index in [-0.39, 0.29) is 11.7 Å². The number of hydrogen-bond donors (Lipinski definition) is 1. The zero-order chi connectivity index (χ0) is 15.8. The fourth-order valence-corrected chi connectivity index (χ4v) is 2.50.